The number of hydrogen-bond acceptors (Lipinski definition) is 4. The lowest BCUT2D eigenvalue weighted by atomic mass is 10.1. The maximum Gasteiger partial charge on any atom is 0.257 e. The Labute approximate surface area is 178 Å². The number of amides is 2. The van der Waals surface area contributed by atoms with Gasteiger partial charge in [0.1, 0.15) is 11.9 Å². The van der Waals surface area contributed by atoms with Gasteiger partial charge in [-0.1, -0.05) is 18.5 Å². The smallest absolute Gasteiger partial charge is 0.257 e. The Bertz CT molecular complexity index is 719. The first-order valence-corrected chi connectivity index (χ1v) is 11.0. The topological polar surface area (TPSA) is 59.1 Å². The molecule has 7 heteroatoms. The van der Waals surface area contributed by atoms with Crippen LogP contribution in [0.15, 0.2) is 18.2 Å². The van der Waals surface area contributed by atoms with Gasteiger partial charge in [0.25, 0.3) is 5.91 Å². The Balaban J connectivity index is 1.68. The molecule has 1 aromatic carbocycles. The van der Waals surface area contributed by atoms with E-state index in [1.165, 1.54) is 0 Å². The van der Waals surface area contributed by atoms with Gasteiger partial charge < -0.3 is 19.3 Å². The molecule has 2 aliphatic rings. The van der Waals surface area contributed by atoms with Crippen molar-refractivity contribution in [2.45, 2.75) is 58.2 Å². The average molecular weight is 423 g/mol. The van der Waals surface area contributed by atoms with Gasteiger partial charge in [0.05, 0.1) is 11.7 Å². The van der Waals surface area contributed by atoms with Crippen molar-refractivity contribution in [2.75, 3.05) is 32.8 Å². The van der Waals surface area contributed by atoms with Crippen LogP contribution in [-0.2, 0) is 9.53 Å². The third-order valence-corrected chi connectivity index (χ3v) is 5.81. The normalized spacial score (nSPS) is 20.6. The third-order valence-electron chi connectivity index (χ3n) is 5.58. The Hall–Kier alpha value is -1.79. The van der Waals surface area contributed by atoms with Crippen molar-refractivity contribution in [1.29, 1.82) is 0 Å². The molecule has 2 saturated heterocycles. The van der Waals surface area contributed by atoms with Gasteiger partial charge in [-0.05, 0) is 37.5 Å². The molecule has 0 saturated carbocycles. The summed E-state index contributed by atoms with van der Waals surface area (Å²) in [4.78, 5) is 28.5. The molecule has 29 heavy (non-hydrogen) atoms. The number of carbonyl (C=O) groups is 2. The van der Waals surface area contributed by atoms with Gasteiger partial charge in [0.2, 0.25) is 5.91 Å². The Kier molecular flexibility index (Phi) is 7.78. The van der Waals surface area contributed by atoms with E-state index in [2.05, 4.69) is 6.92 Å². The van der Waals surface area contributed by atoms with Crippen molar-refractivity contribution < 1.29 is 19.1 Å². The summed E-state index contributed by atoms with van der Waals surface area (Å²) in [5, 5.41) is 0.517. The highest BCUT2D eigenvalue weighted by atomic mass is 35.5. The quantitative estimate of drug-likeness (QED) is 0.700. The van der Waals surface area contributed by atoms with E-state index in [1.807, 2.05) is 9.80 Å². The number of likely N-dealkylation sites (tertiary alicyclic amines) is 2. The molecule has 2 fully saturated rings. The summed E-state index contributed by atoms with van der Waals surface area (Å²) >= 11 is 6.20. The number of piperidine rings is 2. The molecule has 2 heterocycles. The van der Waals surface area contributed by atoms with Crippen molar-refractivity contribution in [2.24, 2.45) is 0 Å². The summed E-state index contributed by atoms with van der Waals surface area (Å²) in [6.45, 7) is 7.07. The number of halogens is 1. The van der Waals surface area contributed by atoms with E-state index in [0.717, 1.165) is 38.7 Å². The van der Waals surface area contributed by atoms with Crippen LogP contribution in [0.4, 0.5) is 0 Å². The van der Waals surface area contributed by atoms with Crippen LogP contribution < -0.4 is 4.74 Å². The highest BCUT2D eigenvalue weighted by molar-refractivity contribution is 6.31. The average Bonchev–Trinajstić information content (AvgIpc) is 2.73. The first-order chi connectivity index (χ1) is 14.0. The lowest BCUT2D eigenvalue weighted by Gasteiger charge is -2.34. The van der Waals surface area contributed by atoms with Gasteiger partial charge >= 0.3 is 0 Å². The van der Waals surface area contributed by atoms with Crippen LogP contribution in [-0.4, -0.2) is 66.6 Å². The largest absolute Gasteiger partial charge is 0.489 e. The van der Waals surface area contributed by atoms with E-state index in [9.17, 15) is 9.59 Å². The molecule has 0 radical (unpaired) electrons. The number of carbonyl (C=O) groups excluding carboxylic acids is 2. The minimum Gasteiger partial charge on any atom is -0.489 e. The van der Waals surface area contributed by atoms with Gasteiger partial charge in [-0.25, -0.2) is 0 Å². The minimum atomic E-state index is -0.0616. The van der Waals surface area contributed by atoms with E-state index >= 15 is 0 Å². The second-order valence-electron chi connectivity index (χ2n) is 7.85. The zero-order chi connectivity index (χ0) is 20.8. The van der Waals surface area contributed by atoms with Crippen LogP contribution in [0.1, 0.15) is 56.3 Å². The monoisotopic (exact) mass is 422 g/mol. The fourth-order valence-electron chi connectivity index (χ4n) is 3.95. The highest BCUT2D eigenvalue weighted by Crippen LogP contribution is 2.28. The maximum absolute atomic E-state index is 13.3. The zero-order valence-corrected chi connectivity index (χ0v) is 18.1. The van der Waals surface area contributed by atoms with Crippen LogP contribution in [0.5, 0.6) is 5.75 Å². The van der Waals surface area contributed by atoms with Crippen LogP contribution in [0.3, 0.4) is 0 Å². The second-order valence-corrected chi connectivity index (χ2v) is 8.29. The van der Waals surface area contributed by atoms with E-state index in [1.54, 1.807) is 25.1 Å². The molecule has 6 nitrogen and oxygen atoms in total. The summed E-state index contributed by atoms with van der Waals surface area (Å²) in [7, 11) is 0. The standard InChI is InChI=1S/C22H31ClN2O4/c1-3-13-28-19-5-4-10-25(15-19)22(27)20-14-17(23)6-7-21(20)29-18-8-11-24(12-9-18)16(2)26/h6-7,14,18-19H,3-5,8-13,15H2,1-2H3/t19-/m0/s1. The predicted octanol–water partition coefficient (Wildman–Crippen LogP) is 3.76. The Morgan fingerprint density at radius 2 is 1.86 bits per heavy atom. The first-order valence-electron chi connectivity index (χ1n) is 10.6. The molecule has 0 N–H and O–H groups in total. The van der Waals surface area contributed by atoms with E-state index in [0.29, 0.717) is 42.5 Å². The number of nitrogens with zero attached hydrogens (tertiary/aromatic N) is 2. The Morgan fingerprint density at radius 3 is 2.55 bits per heavy atom. The van der Waals surface area contributed by atoms with Gasteiger partial charge in [-0.3, -0.25) is 9.59 Å². The molecule has 0 unspecified atom stereocenters. The van der Waals surface area contributed by atoms with E-state index in [4.69, 9.17) is 21.1 Å². The van der Waals surface area contributed by atoms with Crippen molar-refractivity contribution >= 4 is 23.4 Å². The molecule has 160 valence electrons. The molecular weight excluding hydrogens is 392 g/mol. The van der Waals surface area contributed by atoms with Crippen molar-refractivity contribution in [3.63, 3.8) is 0 Å². The lowest BCUT2D eigenvalue weighted by Crippen LogP contribution is -2.43. The number of hydrogen-bond donors (Lipinski definition) is 0. The molecule has 2 aliphatic heterocycles. The van der Waals surface area contributed by atoms with Crippen molar-refractivity contribution in [1.82, 2.24) is 9.80 Å². The summed E-state index contributed by atoms with van der Waals surface area (Å²) in [6, 6.07) is 5.23. The fraction of sp³-hybridized carbons (Fsp3) is 0.636. The maximum atomic E-state index is 13.3. The van der Waals surface area contributed by atoms with Crippen LogP contribution in [0.2, 0.25) is 5.02 Å². The fourth-order valence-corrected chi connectivity index (χ4v) is 4.13. The lowest BCUT2D eigenvalue weighted by molar-refractivity contribution is -0.130. The molecule has 1 atom stereocenters. The van der Waals surface area contributed by atoms with Crippen LogP contribution in [0.25, 0.3) is 0 Å². The van der Waals surface area contributed by atoms with E-state index in [-0.39, 0.29) is 24.0 Å². The highest BCUT2D eigenvalue weighted by Gasteiger charge is 2.28. The predicted molar refractivity (Wildman–Crippen MR) is 113 cm³/mol. The molecule has 1 aromatic rings. The molecule has 0 bridgehead atoms. The van der Waals surface area contributed by atoms with Crippen LogP contribution >= 0.6 is 11.6 Å². The SMILES string of the molecule is CCCO[C@H]1CCCN(C(=O)c2cc(Cl)ccc2OC2CCN(C(C)=O)CC2)C1. The van der Waals surface area contributed by atoms with Crippen LogP contribution in [0, 0.1) is 0 Å². The van der Waals surface area contributed by atoms with Crippen molar-refractivity contribution in [3.05, 3.63) is 28.8 Å². The first kappa shape index (κ1) is 21.9. The number of benzene rings is 1. The van der Waals surface area contributed by atoms with Gasteiger partial charge in [0.15, 0.2) is 0 Å². The molecule has 0 aromatic heterocycles. The summed E-state index contributed by atoms with van der Waals surface area (Å²) in [5.74, 6) is 0.599. The second kappa shape index (κ2) is 10.3. The summed E-state index contributed by atoms with van der Waals surface area (Å²) in [5.41, 5.74) is 0.502. The molecule has 0 aliphatic carbocycles. The minimum absolute atomic E-state index is 0.0136. The number of ether oxygens (including phenoxy) is 2. The third kappa shape index (κ3) is 5.86. The zero-order valence-electron chi connectivity index (χ0n) is 17.4. The van der Waals surface area contributed by atoms with Gasteiger partial charge in [-0.2, -0.15) is 0 Å². The van der Waals surface area contributed by atoms with Gasteiger partial charge in [-0.15, -0.1) is 0 Å². The molecular formula is C22H31ClN2O4. The summed E-state index contributed by atoms with van der Waals surface area (Å²) < 4.78 is 12.1. The van der Waals surface area contributed by atoms with Gasteiger partial charge in [0, 0.05) is 57.6 Å². The Morgan fingerprint density at radius 1 is 1.10 bits per heavy atom. The van der Waals surface area contributed by atoms with E-state index < -0.39 is 0 Å². The molecule has 0 spiro atoms. The molecule has 3 rings (SSSR count). The van der Waals surface area contributed by atoms with Crippen molar-refractivity contribution in [3.8, 4) is 5.75 Å². The molecule has 2 amide bonds. The summed E-state index contributed by atoms with van der Waals surface area (Å²) in [6.07, 6.45) is 4.48. The number of rotatable bonds is 6.